The summed E-state index contributed by atoms with van der Waals surface area (Å²) in [5.41, 5.74) is 9.19. The van der Waals surface area contributed by atoms with E-state index in [1.54, 1.807) is 0 Å². The number of anilines is 6. The first-order chi connectivity index (χ1) is 27.8. The largest absolute Gasteiger partial charge is 0.311 e. The second-order valence-electron chi connectivity index (χ2n) is 13.7. The van der Waals surface area contributed by atoms with Gasteiger partial charge in [-0.2, -0.15) is 0 Å². The van der Waals surface area contributed by atoms with Crippen LogP contribution in [0.4, 0.5) is 34.1 Å². The molecule has 268 valence electrons. The fourth-order valence-electron chi connectivity index (χ4n) is 8.16. The predicted octanol–water partition coefficient (Wildman–Crippen LogP) is 15.9. The molecule has 0 aliphatic heterocycles. The lowest BCUT2D eigenvalue weighted by atomic mass is 9.89. The molecule has 0 aliphatic carbocycles. The van der Waals surface area contributed by atoms with Crippen molar-refractivity contribution in [1.29, 1.82) is 0 Å². The van der Waals surface area contributed by atoms with Crippen molar-refractivity contribution in [3.05, 3.63) is 218 Å². The Morgan fingerprint density at radius 2 is 0.732 bits per heavy atom. The molecule has 0 aliphatic rings. The maximum atomic E-state index is 2.44. The zero-order valence-corrected chi connectivity index (χ0v) is 31.7. The van der Waals surface area contributed by atoms with Crippen molar-refractivity contribution < 1.29 is 0 Å². The summed E-state index contributed by atoms with van der Waals surface area (Å²) in [5.74, 6) is 0. The van der Waals surface area contributed by atoms with Crippen molar-refractivity contribution in [2.45, 2.75) is 13.8 Å². The zero-order chi connectivity index (χ0) is 37.8. The van der Waals surface area contributed by atoms with E-state index in [-0.39, 0.29) is 0 Å². The second kappa shape index (κ2) is 15.3. The molecule has 0 aromatic heterocycles. The van der Waals surface area contributed by atoms with Crippen molar-refractivity contribution in [3.8, 4) is 11.1 Å². The fourth-order valence-corrected chi connectivity index (χ4v) is 8.16. The smallest absolute Gasteiger partial charge is 0.0546 e. The van der Waals surface area contributed by atoms with Crippen LogP contribution >= 0.6 is 0 Å². The Balaban J connectivity index is 0.00000202. The summed E-state index contributed by atoms with van der Waals surface area (Å²) in [6.45, 7) is 4.00. The van der Waals surface area contributed by atoms with Crippen molar-refractivity contribution in [3.63, 3.8) is 0 Å². The molecule has 0 radical (unpaired) electrons. The Morgan fingerprint density at radius 3 is 1.34 bits per heavy atom. The van der Waals surface area contributed by atoms with Gasteiger partial charge in [0.1, 0.15) is 0 Å². The van der Waals surface area contributed by atoms with Crippen LogP contribution in [0, 0.1) is 0 Å². The Kier molecular flexibility index (Phi) is 9.45. The van der Waals surface area contributed by atoms with Crippen LogP contribution < -0.4 is 9.80 Å². The van der Waals surface area contributed by atoms with Crippen LogP contribution in [0.5, 0.6) is 0 Å². The molecule has 0 unspecified atom stereocenters. The van der Waals surface area contributed by atoms with Crippen LogP contribution in [-0.2, 0) is 0 Å². The molecular weight excluding hydrogens is 677 g/mol. The van der Waals surface area contributed by atoms with E-state index >= 15 is 0 Å². The van der Waals surface area contributed by atoms with E-state index in [0.29, 0.717) is 0 Å². The molecule has 0 atom stereocenters. The lowest BCUT2D eigenvalue weighted by Crippen LogP contribution is -2.11. The van der Waals surface area contributed by atoms with Gasteiger partial charge in [0.25, 0.3) is 0 Å². The highest BCUT2D eigenvalue weighted by atomic mass is 15.1. The van der Waals surface area contributed by atoms with Gasteiger partial charge in [-0.05, 0) is 110 Å². The maximum Gasteiger partial charge on any atom is 0.0546 e. The molecule has 0 spiro atoms. The standard InChI is InChI=1S/C52H36N2.C2H6/c1-4-19-40(20-5-1)53(41-21-6-2-7-22-41)43-33-31-38(32-34-43)49-35-39-36-51(46-27-13-15-29-48(46)52(39)47-28-14-12-26-45(47)49)54(42-23-8-3-9-24-42)50-30-16-18-37-17-10-11-25-44(37)50;1-2/h1-36H;1-2H3. The van der Waals surface area contributed by atoms with Gasteiger partial charge < -0.3 is 9.80 Å². The Labute approximate surface area is 329 Å². The highest BCUT2D eigenvalue weighted by Gasteiger charge is 2.21. The number of benzene rings is 10. The van der Waals surface area contributed by atoms with E-state index in [0.717, 1.165) is 34.1 Å². The summed E-state index contributed by atoms with van der Waals surface area (Å²) in [5, 5.41) is 9.87. The van der Waals surface area contributed by atoms with Gasteiger partial charge in [0.05, 0.1) is 11.4 Å². The van der Waals surface area contributed by atoms with Crippen LogP contribution in [0.15, 0.2) is 218 Å². The summed E-state index contributed by atoms with van der Waals surface area (Å²) in [6.07, 6.45) is 0. The molecule has 10 aromatic rings. The van der Waals surface area contributed by atoms with Crippen LogP contribution in [0.1, 0.15) is 13.8 Å². The van der Waals surface area contributed by atoms with E-state index in [1.807, 2.05) is 13.8 Å². The summed E-state index contributed by atoms with van der Waals surface area (Å²) in [4.78, 5) is 4.75. The topological polar surface area (TPSA) is 6.48 Å². The van der Waals surface area contributed by atoms with E-state index in [4.69, 9.17) is 0 Å². The molecule has 2 heteroatoms. The number of fused-ring (bicyclic) bond motifs is 6. The van der Waals surface area contributed by atoms with Gasteiger partial charge in [0.2, 0.25) is 0 Å². The monoisotopic (exact) mass is 718 g/mol. The number of nitrogens with zero attached hydrogens (tertiary/aromatic N) is 2. The number of hydrogen-bond acceptors (Lipinski definition) is 2. The third-order valence-corrected chi connectivity index (χ3v) is 10.6. The van der Waals surface area contributed by atoms with E-state index in [9.17, 15) is 0 Å². The molecule has 0 N–H and O–H groups in total. The summed E-state index contributed by atoms with van der Waals surface area (Å²) >= 11 is 0. The molecule has 0 saturated carbocycles. The van der Waals surface area contributed by atoms with Gasteiger partial charge in [0.15, 0.2) is 0 Å². The molecule has 56 heavy (non-hydrogen) atoms. The number of para-hydroxylation sites is 3. The zero-order valence-electron chi connectivity index (χ0n) is 31.7. The lowest BCUT2D eigenvalue weighted by molar-refractivity contribution is 1.28. The first-order valence-corrected chi connectivity index (χ1v) is 19.5. The van der Waals surface area contributed by atoms with E-state index < -0.39 is 0 Å². The molecule has 0 bridgehead atoms. The number of rotatable bonds is 7. The Morgan fingerprint density at radius 1 is 0.286 bits per heavy atom. The van der Waals surface area contributed by atoms with Gasteiger partial charge in [-0.25, -0.2) is 0 Å². The third-order valence-electron chi connectivity index (χ3n) is 10.6. The average Bonchev–Trinajstić information content (AvgIpc) is 3.28. The first kappa shape index (κ1) is 34.6. The van der Waals surface area contributed by atoms with Gasteiger partial charge in [-0.1, -0.05) is 166 Å². The molecule has 2 nitrogen and oxygen atoms in total. The number of hydrogen-bond donors (Lipinski definition) is 0. The SMILES string of the molecule is CC.c1ccc(N(c2ccccc2)c2ccc(-c3cc4cc(N(c5ccccc5)c5cccc6ccccc56)c5ccccc5c4c4ccccc34)cc2)cc1. The van der Waals surface area contributed by atoms with Crippen LogP contribution in [0.2, 0.25) is 0 Å². The lowest BCUT2D eigenvalue weighted by Gasteiger charge is -2.29. The molecule has 0 fully saturated rings. The summed E-state index contributed by atoms with van der Waals surface area (Å²) < 4.78 is 0. The summed E-state index contributed by atoms with van der Waals surface area (Å²) in [6, 6.07) is 78.9. The quantitative estimate of drug-likeness (QED) is 0.151. The van der Waals surface area contributed by atoms with Crippen molar-refractivity contribution in [2.75, 3.05) is 9.80 Å². The summed E-state index contributed by atoms with van der Waals surface area (Å²) in [7, 11) is 0. The second-order valence-corrected chi connectivity index (χ2v) is 13.7. The van der Waals surface area contributed by atoms with Gasteiger partial charge >= 0.3 is 0 Å². The highest BCUT2D eigenvalue weighted by Crippen LogP contribution is 2.47. The molecular formula is C54H42N2. The minimum atomic E-state index is 1.11. The normalized spacial score (nSPS) is 11.0. The van der Waals surface area contributed by atoms with E-state index in [2.05, 4.69) is 228 Å². The van der Waals surface area contributed by atoms with Crippen LogP contribution in [-0.4, -0.2) is 0 Å². The van der Waals surface area contributed by atoms with Crippen molar-refractivity contribution in [1.82, 2.24) is 0 Å². The minimum Gasteiger partial charge on any atom is -0.311 e. The molecule has 0 saturated heterocycles. The van der Waals surface area contributed by atoms with Crippen molar-refractivity contribution >= 4 is 77.2 Å². The third kappa shape index (κ3) is 6.22. The molecule has 10 rings (SSSR count). The Hall–Kier alpha value is -7.16. The maximum absolute atomic E-state index is 2.44. The minimum absolute atomic E-state index is 1.11. The van der Waals surface area contributed by atoms with E-state index in [1.165, 1.54) is 54.2 Å². The molecule has 10 aromatic carbocycles. The fraction of sp³-hybridized carbons (Fsp3) is 0.0370. The average molecular weight is 719 g/mol. The first-order valence-electron chi connectivity index (χ1n) is 19.5. The van der Waals surface area contributed by atoms with Crippen LogP contribution in [0.3, 0.4) is 0 Å². The van der Waals surface area contributed by atoms with Gasteiger partial charge in [-0.15, -0.1) is 0 Å². The predicted molar refractivity (Wildman–Crippen MR) is 243 cm³/mol. The highest BCUT2D eigenvalue weighted by molar-refractivity contribution is 6.26. The molecule has 0 heterocycles. The molecule has 0 amide bonds. The van der Waals surface area contributed by atoms with Crippen molar-refractivity contribution in [2.24, 2.45) is 0 Å². The van der Waals surface area contributed by atoms with Gasteiger partial charge in [-0.3, -0.25) is 0 Å². The van der Waals surface area contributed by atoms with Gasteiger partial charge in [0, 0.05) is 33.5 Å². The Bertz CT molecular complexity index is 2870. The van der Waals surface area contributed by atoms with Crippen LogP contribution in [0.25, 0.3) is 54.2 Å².